The van der Waals surface area contributed by atoms with Crippen molar-refractivity contribution in [3.8, 4) is 5.75 Å². The molecule has 1 fully saturated rings. The van der Waals surface area contributed by atoms with Crippen molar-refractivity contribution < 1.29 is 23.8 Å². The van der Waals surface area contributed by atoms with Gasteiger partial charge in [-0.25, -0.2) is 0 Å². The van der Waals surface area contributed by atoms with Gasteiger partial charge in [-0.15, -0.1) is 0 Å². The smallest absolute Gasteiger partial charge is 0.303 e. The first-order chi connectivity index (χ1) is 15.7. The van der Waals surface area contributed by atoms with Gasteiger partial charge in [0.2, 0.25) is 0 Å². The first-order valence-corrected chi connectivity index (χ1v) is 11.3. The summed E-state index contributed by atoms with van der Waals surface area (Å²) in [4.78, 5) is 23.6. The molecule has 3 rings (SSSR count). The zero-order chi connectivity index (χ0) is 23.8. The summed E-state index contributed by atoms with van der Waals surface area (Å²) in [5.41, 5.74) is 2.57. The van der Waals surface area contributed by atoms with Gasteiger partial charge in [-0.2, -0.15) is 0 Å². The molecule has 1 amide bonds. The Kier molecular flexibility index (Phi) is 8.28. The quantitative estimate of drug-likeness (QED) is 0.310. The van der Waals surface area contributed by atoms with E-state index >= 15 is 0 Å². The fourth-order valence-electron chi connectivity index (χ4n) is 3.55. The van der Waals surface area contributed by atoms with Crippen molar-refractivity contribution in [3.63, 3.8) is 0 Å². The number of rotatable bonds is 11. The second kappa shape index (κ2) is 11.1. The van der Waals surface area contributed by atoms with Gasteiger partial charge >= 0.3 is 5.97 Å². The van der Waals surface area contributed by atoms with Crippen LogP contribution in [0, 0.1) is 0 Å². The molecule has 0 aromatic heterocycles. The van der Waals surface area contributed by atoms with E-state index in [-0.39, 0.29) is 29.7 Å². The lowest BCUT2D eigenvalue weighted by Gasteiger charge is -2.17. The average Bonchev–Trinajstić information content (AvgIpc) is 3.40. The Balaban J connectivity index is 1.43. The molecule has 2 aromatic carbocycles. The molecule has 1 saturated heterocycles. The fourth-order valence-corrected chi connectivity index (χ4v) is 3.55. The van der Waals surface area contributed by atoms with Crippen LogP contribution in [0.5, 0.6) is 5.75 Å². The van der Waals surface area contributed by atoms with Crippen LogP contribution in [0.15, 0.2) is 66.2 Å². The summed E-state index contributed by atoms with van der Waals surface area (Å²) >= 11 is 0. The number of amides is 1. The molecule has 6 nitrogen and oxygen atoms in total. The zero-order valence-corrected chi connectivity index (χ0v) is 19.8. The topological polar surface area (TPSA) is 77.2 Å². The Morgan fingerprint density at radius 2 is 1.76 bits per heavy atom. The third kappa shape index (κ3) is 7.75. The van der Waals surface area contributed by atoms with E-state index in [1.807, 2.05) is 69.3 Å². The number of hydrogen-bond donors (Lipinski definition) is 1. The molecular weight excluding hydrogens is 418 g/mol. The Hall–Kier alpha value is -3.12. The van der Waals surface area contributed by atoms with Crippen LogP contribution in [-0.4, -0.2) is 42.8 Å². The Labute approximate surface area is 195 Å². The summed E-state index contributed by atoms with van der Waals surface area (Å²) < 4.78 is 17.0. The molecule has 0 aliphatic carbocycles. The highest BCUT2D eigenvalue weighted by Crippen LogP contribution is 2.39. The van der Waals surface area contributed by atoms with Crippen molar-refractivity contribution in [2.45, 2.75) is 58.3 Å². The first-order valence-electron chi connectivity index (χ1n) is 11.3. The first kappa shape index (κ1) is 24.5. The summed E-state index contributed by atoms with van der Waals surface area (Å²) in [6.45, 7) is 8.38. The normalized spacial score (nSPS) is 17.7. The summed E-state index contributed by atoms with van der Waals surface area (Å²) in [7, 11) is 0. The second-order valence-electron chi connectivity index (χ2n) is 8.82. The maximum Gasteiger partial charge on any atom is 0.303 e. The van der Waals surface area contributed by atoms with E-state index < -0.39 is 0 Å². The van der Waals surface area contributed by atoms with Gasteiger partial charge in [0.1, 0.15) is 18.5 Å². The molecule has 1 heterocycles. The number of hydrogen-bond acceptors (Lipinski definition) is 5. The fraction of sp³-hybridized carbons (Fsp3) is 0.407. The minimum absolute atomic E-state index is 0.0680. The SMILES string of the molecule is CC(=O)OC(CC1OC1(C)C)/C(C)=C/COc1ccc(CCNC(=O)c2ccccc2)cc1. The zero-order valence-electron chi connectivity index (χ0n) is 19.8. The highest BCUT2D eigenvalue weighted by molar-refractivity contribution is 5.94. The Bertz CT molecular complexity index is 966. The van der Waals surface area contributed by atoms with Crippen LogP contribution in [-0.2, 0) is 20.7 Å². The van der Waals surface area contributed by atoms with Crippen LogP contribution in [0.3, 0.4) is 0 Å². The largest absolute Gasteiger partial charge is 0.490 e. The van der Waals surface area contributed by atoms with Crippen LogP contribution in [0.4, 0.5) is 0 Å². The van der Waals surface area contributed by atoms with Crippen LogP contribution in [0.1, 0.15) is 50.0 Å². The monoisotopic (exact) mass is 451 g/mol. The van der Waals surface area contributed by atoms with Gasteiger partial charge in [0, 0.05) is 25.5 Å². The van der Waals surface area contributed by atoms with Gasteiger partial charge in [-0.1, -0.05) is 30.3 Å². The molecule has 0 bridgehead atoms. The predicted molar refractivity (Wildman–Crippen MR) is 127 cm³/mol. The van der Waals surface area contributed by atoms with E-state index in [4.69, 9.17) is 14.2 Å². The molecule has 33 heavy (non-hydrogen) atoms. The third-order valence-electron chi connectivity index (χ3n) is 5.72. The molecule has 2 unspecified atom stereocenters. The number of benzene rings is 2. The minimum atomic E-state index is -0.314. The summed E-state index contributed by atoms with van der Waals surface area (Å²) in [6, 6.07) is 17.0. The van der Waals surface area contributed by atoms with E-state index in [1.54, 1.807) is 12.1 Å². The van der Waals surface area contributed by atoms with E-state index in [9.17, 15) is 9.59 Å². The second-order valence-corrected chi connectivity index (χ2v) is 8.82. The highest BCUT2D eigenvalue weighted by atomic mass is 16.6. The van der Waals surface area contributed by atoms with E-state index in [0.717, 1.165) is 23.3 Å². The molecule has 176 valence electrons. The number of esters is 1. The third-order valence-corrected chi connectivity index (χ3v) is 5.72. The minimum Gasteiger partial charge on any atom is -0.490 e. The van der Waals surface area contributed by atoms with Crippen molar-refractivity contribution in [1.29, 1.82) is 0 Å². The molecule has 1 aliphatic rings. The lowest BCUT2D eigenvalue weighted by molar-refractivity contribution is -0.145. The van der Waals surface area contributed by atoms with Crippen molar-refractivity contribution in [2.75, 3.05) is 13.2 Å². The molecule has 0 radical (unpaired) electrons. The van der Waals surface area contributed by atoms with Crippen molar-refractivity contribution in [3.05, 3.63) is 77.4 Å². The Morgan fingerprint density at radius 3 is 2.36 bits per heavy atom. The van der Waals surface area contributed by atoms with Crippen LogP contribution in [0.2, 0.25) is 0 Å². The number of ether oxygens (including phenoxy) is 3. The van der Waals surface area contributed by atoms with Gasteiger partial charge < -0.3 is 19.5 Å². The molecule has 2 atom stereocenters. The number of epoxide rings is 1. The van der Waals surface area contributed by atoms with Crippen molar-refractivity contribution in [2.24, 2.45) is 0 Å². The number of nitrogens with one attached hydrogen (secondary N) is 1. The van der Waals surface area contributed by atoms with Gasteiger partial charge in [-0.3, -0.25) is 9.59 Å². The lowest BCUT2D eigenvalue weighted by atomic mass is 10.0. The highest BCUT2D eigenvalue weighted by Gasteiger charge is 2.49. The summed E-state index contributed by atoms with van der Waals surface area (Å²) in [5, 5.41) is 2.93. The van der Waals surface area contributed by atoms with E-state index in [2.05, 4.69) is 5.32 Å². The van der Waals surface area contributed by atoms with Gasteiger partial charge in [0.25, 0.3) is 5.91 Å². The summed E-state index contributed by atoms with van der Waals surface area (Å²) in [6.07, 6.45) is 3.10. The average molecular weight is 452 g/mol. The maximum atomic E-state index is 12.1. The van der Waals surface area contributed by atoms with E-state index in [0.29, 0.717) is 25.1 Å². The molecule has 2 aromatic rings. The molecule has 1 N–H and O–H groups in total. The van der Waals surface area contributed by atoms with Crippen LogP contribution >= 0.6 is 0 Å². The van der Waals surface area contributed by atoms with Crippen molar-refractivity contribution >= 4 is 11.9 Å². The Morgan fingerprint density at radius 1 is 1.09 bits per heavy atom. The van der Waals surface area contributed by atoms with Gasteiger partial charge in [-0.05, 0) is 68.7 Å². The molecule has 1 aliphatic heterocycles. The van der Waals surface area contributed by atoms with Crippen LogP contribution in [0.25, 0.3) is 0 Å². The molecule has 0 spiro atoms. The van der Waals surface area contributed by atoms with Crippen molar-refractivity contribution in [1.82, 2.24) is 5.32 Å². The number of carbonyl (C=O) groups excluding carboxylic acids is 2. The van der Waals surface area contributed by atoms with Crippen LogP contribution < -0.4 is 10.1 Å². The molecular formula is C27H33NO5. The molecule has 6 heteroatoms. The summed E-state index contributed by atoms with van der Waals surface area (Å²) in [5.74, 6) is 0.385. The standard InChI is InChI=1S/C27H33NO5/c1-19(24(32-20(2)29)18-25-27(3,4)33-25)15-17-31-23-12-10-21(11-13-23)14-16-28-26(30)22-8-6-5-7-9-22/h5-13,15,24-25H,14,16-18H2,1-4H3,(H,28,30)/b19-15+. The van der Waals surface area contributed by atoms with Gasteiger partial charge in [0.05, 0.1) is 11.7 Å². The van der Waals surface area contributed by atoms with E-state index in [1.165, 1.54) is 6.92 Å². The molecule has 0 saturated carbocycles. The predicted octanol–water partition coefficient (Wildman–Crippen LogP) is 4.48. The lowest BCUT2D eigenvalue weighted by Crippen LogP contribution is -2.25. The number of carbonyl (C=O) groups is 2. The maximum absolute atomic E-state index is 12.1. The van der Waals surface area contributed by atoms with Gasteiger partial charge in [0.15, 0.2) is 0 Å².